The van der Waals surface area contributed by atoms with Gasteiger partial charge in [0.1, 0.15) is 0 Å². The van der Waals surface area contributed by atoms with Gasteiger partial charge in [0.15, 0.2) is 11.6 Å². The first-order valence-electron chi connectivity index (χ1n) is 15.0. The molecule has 0 radical (unpaired) electrons. The van der Waals surface area contributed by atoms with Crippen molar-refractivity contribution in [1.29, 1.82) is 0 Å². The van der Waals surface area contributed by atoms with E-state index in [1.807, 2.05) is 12.1 Å². The molecule has 2 aliphatic carbocycles. The Morgan fingerprint density at radius 2 is 1.37 bits per heavy atom. The maximum Gasteiger partial charge on any atom is 0.201 e. The largest absolute Gasteiger partial charge is 0.491 e. The van der Waals surface area contributed by atoms with Crippen molar-refractivity contribution < 1.29 is 18.3 Å². The summed E-state index contributed by atoms with van der Waals surface area (Å²) in [7, 11) is 0. The van der Waals surface area contributed by atoms with Crippen molar-refractivity contribution >= 4 is 0 Å². The monoisotopic (exact) mass is 522 g/mol. The summed E-state index contributed by atoms with van der Waals surface area (Å²) in [6.45, 7) is 5.10. The quantitative estimate of drug-likeness (QED) is 0.337. The molecule has 2 atom stereocenters. The highest BCUT2D eigenvalue weighted by Gasteiger charge is 2.35. The van der Waals surface area contributed by atoms with E-state index in [9.17, 15) is 8.78 Å². The Labute approximate surface area is 227 Å². The highest BCUT2D eigenvalue weighted by molar-refractivity contribution is 5.65. The Bertz CT molecular complexity index is 1050. The minimum Gasteiger partial charge on any atom is -0.491 e. The fourth-order valence-corrected chi connectivity index (χ4v) is 7.50. The van der Waals surface area contributed by atoms with Crippen molar-refractivity contribution in [1.82, 2.24) is 0 Å². The summed E-state index contributed by atoms with van der Waals surface area (Å²) in [4.78, 5) is 0. The normalized spacial score (nSPS) is 30.4. The second kappa shape index (κ2) is 12.8. The number of hydrogen-bond donors (Lipinski definition) is 0. The van der Waals surface area contributed by atoms with E-state index < -0.39 is 11.6 Å². The average molecular weight is 523 g/mol. The number of benzene rings is 2. The van der Waals surface area contributed by atoms with Crippen LogP contribution in [0.5, 0.6) is 5.75 Å². The van der Waals surface area contributed by atoms with Crippen molar-refractivity contribution in [3.63, 3.8) is 0 Å². The van der Waals surface area contributed by atoms with Gasteiger partial charge in [-0.25, -0.2) is 4.39 Å². The van der Waals surface area contributed by atoms with Crippen LogP contribution in [0.1, 0.15) is 89.5 Å². The summed E-state index contributed by atoms with van der Waals surface area (Å²) in [6, 6.07) is 11.2. The molecule has 5 rings (SSSR count). The maximum absolute atomic E-state index is 14.7. The summed E-state index contributed by atoms with van der Waals surface area (Å²) in [6.07, 6.45) is 17.9. The Balaban J connectivity index is 1.10. The van der Waals surface area contributed by atoms with Gasteiger partial charge in [-0.3, -0.25) is 0 Å². The third-order valence-electron chi connectivity index (χ3n) is 9.71. The third kappa shape index (κ3) is 6.17. The SMILES string of the molecule is CC=CC1CCC(C2CCC(C3CCC(c4ccc(-c5ccc(OCC)c(F)c5F)cc4)CC3)CC2)CO1. The predicted molar refractivity (Wildman–Crippen MR) is 150 cm³/mol. The van der Waals surface area contributed by atoms with Gasteiger partial charge in [-0.15, -0.1) is 0 Å². The molecular formula is C34H44F2O2. The zero-order valence-electron chi connectivity index (χ0n) is 23.1. The second-order valence-electron chi connectivity index (χ2n) is 11.8. The van der Waals surface area contributed by atoms with E-state index in [4.69, 9.17) is 9.47 Å². The van der Waals surface area contributed by atoms with Gasteiger partial charge in [0, 0.05) is 5.56 Å². The van der Waals surface area contributed by atoms with E-state index in [1.54, 1.807) is 13.0 Å². The van der Waals surface area contributed by atoms with Crippen LogP contribution in [0.4, 0.5) is 8.78 Å². The highest BCUT2D eigenvalue weighted by atomic mass is 19.2. The van der Waals surface area contributed by atoms with Crippen molar-refractivity contribution in [2.75, 3.05) is 13.2 Å². The molecule has 0 amide bonds. The van der Waals surface area contributed by atoms with Crippen molar-refractivity contribution in [2.24, 2.45) is 23.7 Å². The molecule has 1 aliphatic heterocycles. The van der Waals surface area contributed by atoms with Gasteiger partial charge in [-0.1, -0.05) is 36.4 Å². The zero-order valence-corrected chi connectivity index (χ0v) is 23.1. The Morgan fingerprint density at radius 1 is 0.763 bits per heavy atom. The van der Waals surface area contributed by atoms with Crippen LogP contribution in [-0.4, -0.2) is 19.3 Å². The van der Waals surface area contributed by atoms with Crippen molar-refractivity contribution in [3.05, 3.63) is 65.7 Å². The molecule has 0 bridgehead atoms. The topological polar surface area (TPSA) is 18.5 Å². The third-order valence-corrected chi connectivity index (χ3v) is 9.71. The molecule has 3 aliphatic rings. The molecule has 1 saturated heterocycles. The molecule has 1 heterocycles. The fraction of sp³-hybridized carbons (Fsp3) is 0.588. The molecule has 38 heavy (non-hydrogen) atoms. The van der Waals surface area contributed by atoms with Gasteiger partial charge in [0.25, 0.3) is 0 Å². The Hall–Kier alpha value is -2.20. The Morgan fingerprint density at radius 3 is 1.95 bits per heavy atom. The lowest BCUT2D eigenvalue weighted by molar-refractivity contribution is -0.0190. The van der Waals surface area contributed by atoms with E-state index >= 15 is 0 Å². The van der Waals surface area contributed by atoms with Gasteiger partial charge in [-0.2, -0.15) is 4.39 Å². The van der Waals surface area contributed by atoms with Gasteiger partial charge >= 0.3 is 0 Å². The van der Waals surface area contributed by atoms with E-state index in [2.05, 4.69) is 31.2 Å². The molecule has 2 unspecified atom stereocenters. The first-order chi connectivity index (χ1) is 18.6. The molecule has 0 N–H and O–H groups in total. The molecular weight excluding hydrogens is 478 g/mol. The number of hydrogen-bond acceptors (Lipinski definition) is 2. The van der Waals surface area contributed by atoms with Crippen LogP contribution >= 0.6 is 0 Å². The van der Waals surface area contributed by atoms with Crippen LogP contribution in [0, 0.1) is 35.3 Å². The number of halogens is 2. The van der Waals surface area contributed by atoms with E-state index in [1.165, 1.54) is 75.8 Å². The minimum absolute atomic E-state index is 0.0307. The highest BCUT2D eigenvalue weighted by Crippen LogP contribution is 2.46. The number of rotatable bonds is 7. The molecule has 0 aromatic heterocycles. The summed E-state index contributed by atoms with van der Waals surface area (Å²) < 4.78 is 40.3. The lowest BCUT2D eigenvalue weighted by atomic mass is 9.66. The number of allylic oxidation sites excluding steroid dienone is 1. The van der Waals surface area contributed by atoms with E-state index in [0.717, 1.165) is 30.3 Å². The van der Waals surface area contributed by atoms with E-state index in [0.29, 0.717) is 24.2 Å². The van der Waals surface area contributed by atoms with Crippen molar-refractivity contribution in [2.45, 2.75) is 90.1 Å². The van der Waals surface area contributed by atoms with Gasteiger partial charge < -0.3 is 9.47 Å². The van der Waals surface area contributed by atoms with Gasteiger partial charge in [-0.05, 0) is 131 Å². The summed E-state index contributed by atoms with van der Waals surface area (Å²) in [5.41, 5.74) is 2.32. The second-order valence-corrected chi connectivity index (χ2v) is 11.8. The molecule has 4 heteroatoms. The van der Waals surface area contributed by atoms with Crippen LogP contribution in [0.25, 0.3) is 11.1 Å². The standard InChI is InChI=1S/C34H44F2O2/c1-3-5-30-19-18-29(22-38-30)27-12-10-25(11-13-27)23-6-8-24(9-7-23)26-14-16-28(17-15-26)31-20-21-32(37-4-2)34(36)33(31)35/h3,5,14-17,20-21,23-25,27,29-30H,4,6-13,18-19,22H2,1-2H3. The zero-order chi connectivity index (χ0) is 26.5. The van der Waals surface area contributed by atoms with Crippen molar-refractivity contribution in [3.8, 4) is 16.9 Å². The molecule has 2 aromatic rings. The lowest BCUT2D eigenvalue weighted by Crippen LogP contribution is -2.33. The molecule has 0 spiro atoms. The molecule has 2 nitrogen and oxygen atoms in total. The molecule has 2 saturated carbocycles. The average Bonchev–Trinajstić information content (AvgIpc) is 2.97. The van der Waals surface area contributed by atoms with Crippen LogP contribution < -0.4 is 4.74 Å². The fourth-order valence-electron chi connectivity index (χ4n) is 7.50. The first-order valence-corrected chi connectivity index (χ1v) is 15.0. The molecule has 3 fully saturated rings. The van der Waals surface area contributed by atoms with Crippen LogP contribution in [0.15, 0.2) is 48.6 Å². The predicted octanol–water partition coefficient (Wildman–Crippen LogP) is 9.48. The smallest absolute Gasteiger partial charge is 0.201 e. The van der Waals surface area contributed by atoms with Gasteiger partial charge in [0.05, 0.1) is 19.3 Å². The summed E-state index contributed by atoms with van der Waals surface area (Å²) in [5, 5.41) is 0. The lowest BCUT2D eigenvalue weighted by Gasteiger charge is -2.41. The Kier molecular flexibility index (Phi) is 9.20. The summed E-state index contributed by atoms with van der Waals surface area (Å²) >= 11 is 0. The molecule has 2 aromatic carbocycles. The first kappa shape index (κ1) is 27.4. The molecule has 206 valence electrons. The van der Waals surface area contributed by atoms with Gasteiger partial charge in [0.2, 0.25) is 5.82 Å². The van der Waals surface area contributed by atoms with Crippen LogP contribution in [0.2, 0.25) is 0 Å². The van der Waals surface area contributed by atoms with Crippen LogP contribution in [-0.2, 0) is 4.74 Å². The van der Waals surface area contributed by atoms with E-state index in [-0.39, 0.29) is 11.3 Å². The minimum atomic E-state index is -0.911. The summed E-state index contributed by atoms with van der Waals surface area (Å²) in [5.74, 6) is 2.19. The number of ether oxygens (including phenoxy) is 2. The van der Waals surface area contributed by atoms with Crippen LogP contribution in [0.3, 0.4) is 0 Å². The maximum atomic E-state index is 14.7.